The summed E-state index contributed by atoms with van der Waals surface area (Å²) in [6.45, 7) is 1.54. The Kier molecular flexibility index (Phi) is 3.66. The van der Waals surface area contributed by atoms with Gasteiger partial charge in [-0.25, -0.2) is 0 Å². The molecule has 2 aromatic rings. The molecule has 2 N–H and O–H groups in total. The smallest absolute Gasteiger partial charge is 0.0489 e. The summed E-state index contributed by atoms with van der Waals surface area (Å²) in [6.07, 6.45) is 8.41. The van der Waals surface area contributed by atoms with Gasteiger partial charge in [-0.3, -0.25) is 9.67 Å². The lowest BCUT2D eigenvalue weighted by Crippen LogP contribution is -2.14. The maximum absolute atomic E-state index is 5.65. The largest absolute Gasteiger partial charge is 0.330 e. The number of hydrogen-bond donors (Lipinski definition) is 1. The summed E-state index contributed by atoms with van der Waals surface area (Å²) >= 11 is 0. The van der Waals surface area contributed by atoms with E-state index in [1.54, 1.807) is 12.4 Å². The highest BCUT2D eigenvalue weighted by Gasteiger charge is 2.11. The van der Waals surface area contributed by atoms with E-state index in [0.717, 1.165) is 13.0 Å². The van der Waals surface area contributed by atoms with E-state index in [-0.39, 0.29) is 0 Å². The molecule has 84 valence electrons. The molecule has 0 aromatic carbocycles. The Morgan fingerprint density at radius 1 is 1.31 bits per heavy atom. The number of rotatable bonds is 5. The number of aromatic nitrogens is 3. The molecule has 16 heavy (non-hydrogen) atoms. The highest BCUT2D eigenvalue weighted by molar-refractivity contribution is 5.14. The van der Waals surface area contributed by atoms with Gasteiger partial charge in [-0.1, -0.05) is 6.07 Å². The molecule has 0 amide bonds. The topological polar surface area (TPSA) is 56.7 Å². The van der Waals surface area contributed by atoms with Crippen molar-refractivity contribution >= 4 is 0 Å². The van der Waals surface area contributed by atoms with Gasteiger partial charge in [0.1, 0.15) is 0 Å². The maximum atomic E-state index is 5.65. The summed E-state index contributed by atoms with van der Waals surface area (Å²) in [6, 6.07) is 5.99. The zero-order chi connectivity index (χ0) is 11.2. The third kappa shape index (κ3) is 2.67. The minimum Gasteiger partial charge on any atom is -0.330 e. The minimum atomic E-state index is 0.388. The summed E-state index contributed by atoms with van der Waals surface area (Å²) in [5.41, 5.74) is 6.87. The first-order chi connectivity index (χ1) is 7.90. The van der Waals surface area contributed by atoms with Gasteiger partial charge in [-0.2, -0.15) is 5.10 Å². The highest BCUT2D eigenvalue weighted by atomic mass is 15.3. The molecule has 1 unspecified atom stereocenters. The van der Waals surface area contributed by atoms with Crippen molar-refractivity contribution in [1.82, 2.24) is 14.8 Å². The van der Waals surface area contributed by atoms with Crippen LogP contribution in [0.5, 0.6) is 0 Å². The van der Waals surface area contributed by atoms with Crippen LogP contribution in [0.3, 0.4) is 0 Å². The Labute approximate surface area is 95.1 Å². The number of nitrogens with two attached hydrogens (primary N) is 1. The maximum Gasteiger partial charge on any atom is 0.0489 e. The van der Waals surface area contributed by atoms with E-state index in [2.05, 4.69) is 16.1 Å². The van der Waals surface area contributed by atoms with Crippen molar-refractivity contribution < 1.29 is 0 Å². The van der Waals surface area contributed by atoms with Crippen LogP contribution in [0, 0.1) is 0 Å². The quantitative estimate of drug-likeness (QED) is 0.822. The van der Waals surface area contributed by atoms with Crippen molar-refractivity contribution in [3.8, 4) is 0 Å². The van der Waals surface area contributed by atoms with Gasteiger partial charge in [-0.05, 0) is 30.7 Å². The fraction of sp³-hybridized carbons (Fsp3) is 0.333. The molecule has 0 spiro atoms. The SMILES string of the molecule is NCCC(Cn1cccn1)c1cccnc1. The monoisotopic (exact) mass is 216 g/mol. The van der Waals surface area contributed by atoms with Crippen LogP contribution in [0.15, 0.2) is 43.0 Å². The molecule has 0 radical (unpaired) electrons. The van der Waals surface area contributed by atoms with Crippen LogP contribution in [0.1, 0.15) is 17.9 Å². The highest BCUT2D eigenvalue weighted by Crippen LogP contribution is 2.19. The van der Waals surface area contributed by atoms with E-state index >= 15 is 0 Å². The van der Waals surface area contributed by atoms with Crippen LogP contribution in [0.2, 0.25) is 0 Å². The zero-order valence-corrected chi connectivity index (χ0v) is 9.16. The summed E-state index contributed by atoms with van der Waals surface area (Å²) in [5, 5.41) is 4.22. The molecular formula is C12H16N4. The average Bonchev–Trinajstić information content (AvgIpc) is 2.83. The van der Waals surface area contributed by atoms with Crippen LogP contribution < -0.4 is 5.73 Å². The molecule has 4 heteroatoms. The molecule has 0 aliphatic carbocycles. The Balaban J connectivity index is 2.11. The fourth-order valence-electron chi connectivity index (χ4n) is 1.82. The summed E-state index contributed by atoms with van der Waals surface area (Å²) in [5.74, 6) is 0.388. The van der Waals surface area contributed by atoms with E-state index in [4.69, 9.17) is 5.73 Å². The van der Waals surface area contributed by atoms with E-state index in [0.29, 0.717) is 12.5 Å². The first-order valence-corrected chi connectivity index (χ1v) is 5.47. The van der Waals surface area contributed by atoms with Gasteiger partial charge in [0, 0.05) is 37.3 Å². The molecule has 0 bridgehead atoms. The molecule has 1 atom stereocenters. The number of hydrogen-bond acceptors (Lipinski definition) is 3. The van der Waals surface area contributed by atoms with Crippen LogP contribution in [-0.2, 0) is 6.54 Å². The normalized spacial score (nSPS) is 12.6. The molecule has 0 saturated heterocycles. The van der Waals surface area contributed by atoms with E-state index in [1.807, 2.05) is 29.2 Å². The van der Waals surface area contributed by atoms with Crippen molar-refractivity contribution in [2.24, 2.45) is 5.73 Å². The first kappa shape index (κ1) is 10.8. The standard InChI is InChI=1S/C12H16N4/c13-5-4-12(10-16-8-2-7-15-16)11-3-1-6-14-9-11/h1-3,6-9,12H,4-5,10,13H2. The third-order valence-electron chi connectivity index (χ3n) is 2.64. The summed E-state index contributed by atoms with van der Waals surface area (Å²) < 4.78 is 1.94. The molecular weight excluding hydrogens is 200 g/mol. The Hall–Kier alpha value is -1.68. The second-order valence-corrected chi connectivity index (χ2v) is 3.79. The van der Waals surface area contributed by atoms with Crippen molar-refractivity contribution in [1.29, 1.82) is 0 Å². The van der Waals surface area contributed by atoms with E-state index in [9.17, 15) is 0 Å². The van der Waals surface area contributed by atoms with Gasteiger partial charge in [0.05, 0.1) is 0 Å². The Morgan fingerprint density at radius 2 is 2.25 bits per heavy atom. The van der Waals surface area contributed by atoms with Gasteiger partial charge in [-0.15, -0.1) is 0 Å². The fourth-order valence-corrected chi connectivity index (χ4v) is 1.82. The van der Waals surface area contributed by atoms with Crippen LogP contribution in [0.4, 0.5) is 0 Å². The molecule has 0 aliphatic heterocycles. The molecule has 0 fully saturated rings. The van der Waals surface area contributed by atoms with Gasteiger partial charge in [0.2, 0.25) is 0 Å². The van der Waals surface area contributed by atoms with Crippen LogP contribution in [0.25, 0.3) is 0 Å². The third-order valence-corrected chi connectivity index (χ3v) is 2.64. The summed E-state index contributed by atoms with van der Waals surface area (Å²) in [4.78, 5) is 4.15. The Morgan fingerprint density at radius 3 is 2.88 bits per heavy atom. The average molecular weight is 216 g/mol. The zero-order valence-electron chi connectivity index (χ0n) is 9.16. The molecule has 0 saturated carbocycles. The van der Waals surface area contributed by atoms with Gasteiger partial charge in [0.15, 0.2) is 0 Å². The molecule has 2 rings (SSSR count). The van der Waals surface area contributed by atoms with E-state index in [1.165, 1.54) is 5.56 Å². The lowest BCUT2D eigenvalue weighted by molar-refractivity contribution is 0.493. The molecule has 0 aliphatic rings. The summed E-state index contributed by atoms with van der Waals surface area (Å²) in [7, 11) is 0. The van der Waals surface area contributed by atoms with Crippen molar-refractivity contribution in [3.05, 3.63) is 48.5 Å². The minimum absolute atomic E-state index is 0.388. The van der Waals surface area contributed by atoms with Crippen molar-refractivity contribution in [2.75, 3.05) is 6.54 Å². The predicted octanol–water partition coefficient (Wildman–Crippen LogP) is 1.41. The van der Waals surface area contributed by atoms with Crippen molar-refractivity contribution in [2.45, 2.75) is 18.9 Å². The van der Waals surface area contributed by atoms with Gasteiger partial charge in [0.25, 0.3) is 0 Å². The van der Waals surface area contributed by atoms with Crippen LogP contribution in [-0.4, -0.2) is 21.3 Å². The van der Waals surface area contributed by atoms with E-state index < -0.39 is 0 Å². The van der Waals surface area contributed by atoms with Gasteiger partial charge < -0.3 is 5.73 Å². The van der Waals surface area contributed by atoms with Gasteiger partial charge >= 0.3 is 0 Å². The number of nitrogens with zero attached hydrogens (tertiary/aromatic N) is 3. The molecule has 2 heterocycles. The number of pyridine rings is 1. The second kappa shape index (κ2) is 5.42. The van der Waals surface area contributed by atoms with Crippen molar-refractivity contribution in [3.63, 3.8) is 0 Å². The molecule has 2 aromatic heterocycles. The predicted molar refractivity (Wildman–Crippen MR) is 62.9 cm³/mol. The molecule has 4 nitrogen and oxygen atoms in total. The second-order valence-electron chi connectivity index (χ2n) is 3.79. The van der Waals surface area contributed by atoms with Crippen LogP contribution >= 0.6 is 0 Å². The first-order valence-electron chi connectivity index (χ1n) is 5.47. The Bertz CT molecular complexity index is 396. The lowest BCUT2D eigenvalue weighted by Gasteiger charge is -2.16. The lowest BCUT2D eigenvalue weighted by atomic mass is 9.97.